The molecular weight excluding hydrogens is 307 g/mol. The van der Waals surface area contributed by atoms with E-state index >= 15 is 0 Å². The van der Waals surface area contributed by atoms with Crippen LogP contribution in [-0.2, 0) is 6.18 Å². The van der Waals surface area contributed by atoms with Gasteiger partial charge in [0.25, 0.3) is 0 Å². The van der Waals surface area contributed by atoms with Crippen molar-refractivity contribution in [3.8, 4) is 11.6 Å². The van der Waals surface area contributed by atoms with Gasteiger partial charge in [-0.3, -0.25) is 0 Å². The lowest BCUT2D eigenvalue weighted by Gasteiger charge is -2.13. The van der Waals surface area contributed by atoms with Gasteiger partial charge < -0.3 is 10.5 Å². The summed E-state index contributed by atoms with van der Waals surface area (Å²) < 4.78 is 43.5. The topological polar surface area (TPSA) is 61.0 Å². The van der Waals surface area contributed by atoms with E-state index in [0.717, 1.165) is 0 Å². The number of aryl methyl sites for hydroxylation is 2. The van der Waals surface area contributed by atoms with Crippen molar-refractivity contribution in [2.24, 2.45) is 0 Å². The molecule has 0 aliphatic heterocycles. The van der Waals surface area contributed by atoms with E-state index in [1.165, 1.54) is 0 Å². The van der Waals surface area contributed by atoms with Crippen LogP contribution in [0, 0.1) is 13.8 Å². The molecule has 0 saturated heterocycles. The van der Waals surface area contributed by atoms with Crippen molar-refractivity contribution < 1.29 is 17.9 Å². The molecule has 0 fully saturated rings. The van der Waals surface area contributed by atoms with Crippen molar-refractivity contribution in [3.63, 3.8) is 0 Å². The zero-order valence-corrected chi connectivity index (χ0v) is 11.9. The minimum atomic E-state index is -4.63. The number of anilines is 1. The van der Waals surface area contributed by atoms with E-state index in [-0.39, 0.29) is 5.88 Å². The first-order valence-corrected chi connectivity index (χ1v) is 6.21. The SMILES string of the molecule is Cc1cc(Cl)cc(C)c1Oc1cc(C(F)(F)F)nc(N)n1. The molecular formula is C13H11ClF3N3O. The molecule has 0 aliphatic carbocycles. The zero-order chi connectivity index (χ0) is 15.8. The third-order valence-electron chi connectivity index (χ3n) is 2.64. The Labute approximate surface area is 123 Å². The number of nitrogens with zero attached hydrogens (tertiary/aromatic N) is 2. The van der Waals surface area contributed by atoms with E-state index in [9.17, 15) is 13.2 Å². The molecule has 2 N–H and O–H groups in total. The Morgan fingerprint density at radius 2 is 1.67 bits per heavy atom. The summed E-state index contributed by atoms with van der Waals surface area (Å²) in [6.07, 6.45) is -4.63. The van der Waals surface area contributed by atoms with E-state index in [0.29, 0.717) is 28.0 Å². The first-order chi connectivity index (χ1) is 9.66. The zero-order valence-electron chi connectivity index (χ0n) is 11.1. The summed E-state index contributed by atoms with van der Waals surface area (Å²) in [5, 5.41) is 0.510. The maximum absolute atomic E-state index is 12.7. The smallest absolute Gasteiger partial charge is 0.433 e. The highest BCUT2D eigenvalue weighted by molar-refractivity contribution is 6.30. The molecule has 0 saturated carbocycles. The number of benzene rings is 1. The van der Waals surface area contributed by atoms with Gasteiger partial charge in [-0.1, -0.05) is 11.6 Å². The Kier molecular flexibility index (Phi) is 3.95. The first-order valence-electron chi connectivity index (χ1n) is 5.83. The Bertz CT molecular complexity index is 666. The van der Waals surface area contributed by atoms with E-state index < -0.39 is 17.8 Å². The van der Waals surface area contributed by atoms with Gasteiger partial charge in [-0.05, 0) is 37.1 Å². The van der Waals surface area contributed by atoms with Gasteiger partial charge in [0.1, 0.15) is 5.75 Å². The summed E-state index contributed by atoms with van der Waals surface area (Å²) in [7, 11) is 0. The minimum absolute atomic E-state index is 0.275. The van der Waals surface area contributed by atoms with Gasteiger partial charge in [0, 0.05) is 11.1 Å². The van der Waals surface area contributed by atoms with Gasteiger partial charge in [0.15, 0.2) is 5.69 Å². The molecule has 4 nitrogen and oxygen atoms in total. The van der Waals surface area contributed by atoms with Crippen LogP contribution in [-0.4, -0.2) is 9.97 Å². The van der Waals surface area contributed by atoms with Gasteiger partial charge in [-0.25, -0.2) is 4.98 Å². The average Bonchev–Trinajstić information content (AvgIpc) is 2.32. The molecule has 0 radical (unpaired) electrons. The molecule has 2 aromatic rings. The standard InChI is InChI=1S/C13H11ClF3N3O/c1-6-3-8(14)4-7(2)11(6)21-10-5-9(13(15,16)17)19-12(18)20-10/h3-5H,1-2H3,(H2,18,19,20). The van der Waals surface area contributed by atoms with Crippen molar-refractivity contribution in [1.29, 1.82) is 0 Å². The van der Waals surface area contributed by atoms with Crippen molar-refractivity contribution in [3.05, 3.63) is 40.0 Å². The molecule has 1 heterocycles. The molecule has 1 aromatic carbocycles. The highest BCUT2D eigenvalue weighted by atomic mass is 35.5. The van der Waals surface area contributed by atoms with E-state index in [4.69, 9.17) is 22.1 Å². The number of alkyl halides is 3. The maximum Gasteiger partial charge on any atom is 0.433 e. The third kappa shape index (κ3) is 3.55. The number of nitrogen functional groups attached to an aromatic ring is 1. The molecule has 0 amide bonds. The number of halogens is 4. The second-order valence-electron chi connectivity index (χ2n) is 4.42. The summed E-state index contributed by atoms with van der Waals surface area (Å²) in [5.41, 5.74) is 5.47. The van der Waals surface area contributed by atoms with Gasteiger partial charge in [0.05, 0.1) is 0 Å². The molecule has 0 aliphatic rings. The van der Waals surface area contributed by atoms with Crippen LogP contribution in [0.3, 0.4) is 0 Å². The maximum atomic E-state index is 12.7. The third-order valence-corrected chi connectivity index (χ3v) is 2.86. The second-order valence-corrected chi connectivity index (χ2v) is 4.85. The Morgan fingerprint density at radius 3 is 2.19 bits per heavy atom. The lowest BCUT2D eigenvalue weighted by molar-refractivity contribution is -0.141. The van der Waals surface area contributed by atoms with Crippen LogP contribution in [0.1, 0.15) is 16.8 Å². The van der Waals surface area contributed by atoms with E-state index in [1.54, 1.807) is 26.0 Å². The molecule has 8 heteroatoms. The Hall–Kier alpha value is -2.02. The Balaban J connectivity index is 2.43. The number of nitrogens with two attached hydrogens (primary N) is 1. The summed E-state index contributed by atoms with van der Waals surface area (Å²) in [5.74, 6) is -0.405. The highest BCUT2D eigenvalue weighted by Crippen LogP contribution is 2.34. The molecule has 0 unspecified atom stereocenters. The number of hydrogen-bond donors (Lipinski definition) is 1. The van der Waals surface area contributed by atoms with Crippen LogP contribution in [0.2, 0.25) is 5.02 Å². The average molecular weight is 318 g/mol. The van der Waals surface area contributed by atoms with Crippen molar-refractivity contribution >= 4 is 17.5 Å². The van der Waals surface area contributed by atoms with Crippen molar-refractivity contribution in [2.75, 3.05) is 5.73 Å². The Morgan fingerprint density at radius 1 is 1.10 bits per heavy atom. The van der Waals surface area contributed by atoms with E-state index in [1.807, 2.05) is 0 Å². The van der Waals surface area contributed by atoms with Crippen LogP contribution in [0.4, 0.5) is 19.1 Å². The van der Waals surface area contributed by atoms with Crippen LogP contribution >= 0.6 is 11.6 Å². The number of rotatable bonds is 2. The van der Waals surface area contributed by atoms with E-state index in [2.05, 4.69) is 9.97 Å². The molecule has 0 atom stereocenters. The summed E-state index contributed by atoms with van der Waals surface area (Å²) >= 11 is 5.89. The van der Waals surface area contributed by atoms with Crippen LogP contribution in [0.25, 0.3) is 0 Å². The predicted molar refractivity (Wildman–Crippen MR) is 72.4 cm³/mol. The second kappa shape index (κ2) is 5.40. The van der Waals surface area contributed by atoms with Gasteiger partial charge in [-0.15, -0.1) is 0 Å². The predicted octanol–water partition coefficient (Wildman–Crippen LogP) is 4.14. The van der Waals surface area contributed by atoms with Gasteiger partial charge >= 0.3 is 6.18 Å². The molecule has 21 heavy (non-hydrogen) atoms. The van der Waals surface area contributed by atoms with Crippen LogP contribution in [0.5, 0.6) is 11.6 Å². The normalized spacial score (nSPS) is 11.5. The van der Waals surface area contributed by atoms with Gasteiger partial charge in [-0.2, -0.15) is 18.2 Å². The first kappa shape index (κ1) is 15.4. The number of hydrogen-bond acceptors (Lipinski definition) is 4. The largest absolute Gasteiger partial charge is 0.438 e. The number of ether oxygens (including phenoxy) is 1. The quantitative estimate of drug-likeness (QED) is 0.904. The summed E-state index contributed by atoms with van der Waals surface area (Å²) in [6, 6.07) is 3.97. The van der Waals surface area contributed by atoms with Gasteiger partial charge in [0.2, 0.25) is 11.8 Å². The lowest BCUT2D eigenvalue weighted by Crippen LogP contribution is -2.11. The lowest BCUT2D eigenvalue weighted by atomic mass is 10.1. The minimum Gasteiger partial charge on any atom is -0.438 e. The molecule has 2 rings (SSSR count). The molecule has 0 bridgehead atoms. The molecule has 1 aromatic heterocycles. The molecule has 112 valence electrons. The summed E-state index contributed by atoms with van der Waals surface area (Å²) in [6.45, 7) is 3.45. The fourth-order valence-corrected chi connectivity index (χ4v) is 2.13. The molecule has 0 spiro atoms. The van der Waals surface area contributed by atoms with Crippen molar-refractivity contribution in [1.82, 2.24) is 9.97 Å². The van der Waals surface area contributed by atoms with Crippen LogP contribution < -0.4 is 10.5 Å². The van der Waals surface area contributed by atoms with Crippen molar-refractivity contribution in [2.45, 2.75) is 20.0 Å². The number of aromatic nitrogens is 2. The van der Waals surface area contributed by atoms with Crippen LogP contribution in [0.15, 0.2) is 18.2 Å². The fourth-order valence-electron chi connectivity index (χ4n) is 1.80. The monoisotopic (exact) mass is 317 g/mol. The fraction of sp³-hybridized carbons (Fsp3) is 0.231. The summed E-state index contributed by atoms with van der Waals surface area (Å²) in [4.78, 5) is 6.80. The highest BCUT2D eigenvalue weighted by Gasteiger charge is 2.34.